The topological polar surface area (TPSA) is 89.3 Å². The van der Waals surface area contributed by atoms with E-state index in [0.29, 0.717) is 34.7 Å². The van der Waals surface area contributed by atoms with Gasteiger partial charge in [-0.15, -0.1) is 0 Å². The third-order valence-corrected chi connectivity index (χ3v) is 8.78. The Morgan fingerprint density at radius 2 is 1.88 bits per heavy atom. The van der Waals surface area contributed by atoms with Gasteiger partial charge in [-0.25, -0.2) is 13.4 Å². The first-order valence-electron chi connectivity index (χ1n) is 11.6. The standard InChI is InChI=1S/C25H29N3O4S2/c1-3-14-27(20-13-15-34(31,32)17-20)23(29)16-33-25-26-22-8-6-5-7-21(22)24(30)28(25)19-11-9-18(4-2)10-12-19/h5-12,20H,3-4,13-17H2,1-2H3. The monoisotopic (exact) mass is 499 g/mol. The van der Waals surface area contributed by atoms with Crippen molar-refractivity contribution in [1.29, 1.82) is 0 Å². The molecule has 0 radical (unpaired) electrons. The fourth-order valence-electron chi connectivity index (χ4n) is 4.30. The molecule has 3 aromatic rings. The Labute approximate surface area is 204 Å². The molecule has 180 valence electrons. The minimum absolute atomic E-state index is 0.0200. The lowest BCUT2D eigenvalue weighted by atomic mass is 10.1. The fourth-order valence-corrected chi connectivity index (χ4v) is 6.93. The first-order valence-corrected chi connectivity index (χ1v) is 14.4. The van der Waals surface area contributed by atoms with E-state index in [2.05, 4.69) is 6.92 Å². The van der Waals surface area contributed by atoms with Crippen LogP contribution in [0.5, 0.6) is 0 Å². The van der Waals surface area contributed by atoms with Crippen molar-refractivity contribution in [3.63, 3.8) is 0 Å². The van der Waals surface area contributed by atoms with Gasteiger partial charge in [-0.05, 0) is 49.1 Å². The van der Waals surface area contributed by atoms with E-state index in [0.717, 1.165) is 18.4 Å². The van der Waals surface area contributed by atoms with Gasteiger partial charge in [-0.2, -0.15) is 0 Å². The lowest BCUT2D eigenvalue weighted by molar-refractivity contribution is -0.130. The zero-order valence-electron chi connectivity index (χ0n) is 19.4. The minimum Gasteiger partial charge on any atom is -0.338 e. The molecule has 2 heterocycles. The first kappa shape index (κ1) is 24.5. The second kappa shape index (κ2) is 10.3. The Bertz CT molecular complexity index is 1350. The zero-order chi connectivity index (χ0) is 24.3. The van der Waals surface area contributed by atoms with E-state index in [9.17, 15) is 18.0 Å². The molecule has 34 heavy (non-hydrogen) atoms. The van der Waals surface area contributed by atoms with E-state index in [4.69, 9.17) is 4.98 Å². The molecule has 1 aromatic heterocycles. The number of thioether (sulfide) groups is 1. The number of fused-ring (bicyclic) bond motifs is 1. The number of sulfone groups is 1. The third-order valence-electron chi connectivity index (χ3n) is 6.11. The molecule has 1 aliphatic rings. The summed E-state index contributed by atoms with van der Waals surface area (Å²) in [5, 5.41) is 0.957. The smallest absolute Gasteiger partial charge is 0.266 e. The van der Waals surface area contributed by atoms with Crippen LogP contribution < -0.4 is 5.56 Å². The number of para-hydroxylation sites is 1. The van der Waals surface area contributed by atoms with Crippen LogP contribution in [0.4, 0.5) is 0 Å². The Kier molecular flexibility index (Phi) is 7.42. The van der Waals surface area contributed by atoms with Crippen molar-refractivity contribution >= 4 is 38.4 Å². The Hall–Kier alpha value is -2.65. The number of benzene rings is 2. The van der Waals surface area contributed by atoms with Crippen molar-refractivity contribution in [3.8, 4) is 5.69 Å². The van der Waals surface area contributed by atoms with Gasteiger partial charge in [0.25, 0.3) is 5.56 Å². The van der Waals surface area contributed by atoms with Gasteiger partial charge in [0.15, 0.2) is 15.0 Å². The fraction of sp³-hybridized carbons (Fsp3) is 0.400. The van der Waals surface area contributed by atoms with Gasteiger partial charge in [0.1, 0.15) is 0 Å². The Morgan fingerprint density at radius 3 is 2.53 bits per heavy atom. The van der Waals surface area contributed by atoms with Gasteiger partial charge in [0.05, 0.1) is 33.8 Å². The van der Waals surface area contributed by atoms with Crippen LogP contribution in [0.15, 0.2) is 58.5 Å². The maximum absolute atomic E-state index is 13.4. The highest BCUT2D eigenvalue weighted by Crippen LogP contribution is 2.24. The molecule has 7 nitrogen and oxygen atoms in total. The molecule has 0 saturated carbocycles. The normalized spacial score (nSPS) is 17.2. The van der Waals surface area contributed by atoms with Gasteiger partial charge in [0, 0.05) is 12.6 Å². The summed E-state index contributed by atoms with van der Waals surface area (Å²) in [5.41, 5.74) is 2.26. The van der Waals surface area contributed by atoms with Crippen LogP contribution in [0.2, 0.25) is 0 Å². The molecule has 4 rings (SSSR count). The van der Waals surface area contributed by atoms with Crippen LogP contribution in [0, 0.1) is 0 Å². The van der Waals surface area contributed by atoms with Crippen LogP contribution >= 0.6 is 11.8 Å². The molecule has 1 atom stereocenters. The number of amides is 1. The van der Waals surface area contributed by atoms with Crippen molar-refractivity contribution in [3.05, 3.63) is 64.4 Å². The van der Waals surface area contributed by atoms with E-state index < -0.39 is 9.84 Å². The largest absolute Gasteiger partial charge is 0.338 e. The summed E-state index contributed by atoms with van der Waals surface area (Å²) in [6, 6.07) is 14.7. The minimum atomic E-state index is -3.10. The molecular weight excluding hydrogens is 470 g/mol. The zero-order valence-corrected chi connectivity index (χ0v) is 21.1. The molecule has 9 heteroatoms. The molecular formula is C25H29N3O4S2. The van der Waals surface area contributed by atoms with E-state index >= 15 is 0 Å². The highest BCUT2D eigenvalue weighted by Gasteiger charge is 2.34. The Balaban J connectivity index is 1.66. The number of aryl methyl sites for hydroxylation is 1. The molecule has 1 fully saturated rings. The van der Waals surface area contributed by atoms with E-state index in [1.165, 1.54) is 11.8 Å². The van der Waals surface area contributed by atoms with Crippen molar-refractivity contribution in [2.24, 2.45) is 0 Å². The van der Waals surface area contributed by atoms with Gasteiger partial charge in [-0.1, -0.05) is 49.9 Å². The highest BCUT2D eigenvalue weighted by molar-refractivity contribution is 7.99. The number of rotatable bonds is 8. The number of carbonyl (C=O) groups excluding carboxylic acids is 1. The van der Waals surface area contributed by atoms with Crippen LogP contribution in [-0.2, 0) is 21.1 Å². The molecule has 0 aliphatic carbocycles. The molecule has 2 aromatic carbocycles. The quantitative estimate of drug-likeness (QED) is 0.348. The lowest BCUT2D eigenvalue weighted by Gasteiger charge is -2.28. The first-order chi connectivity index (χ1) is 16.3. The summed E-state index contributed by atoms with van der Waals surface area (Å²) in [6.45, 7) is 4.55. The van der Waals surface area contributed by atoms with Crippen molar-refractivity contribution in [2.75, 3.05) is 23.8 Å². The predicted molar refractivity (Wildman–Crippen MR) is 137 cm³/mol. The van der Waals surface area contributed by atoms with Crippen molar-refractivity contribution < 1.29 is 13.2 Å². The SMILES string of the molecule is CCCN(C(=O)CSc1nc2ccccc2c(=O)n1-c1ccc(CC)cc1)C1CCS(=O)(=O)C1. The van der Waals surface area contributed by atoms with Crippen LogP contribution in [0.1, 0.15) is 32.3 Å². The molecule has 1 unspecified atom stereocenters. The summed E-state index contributed by atoms with van der Waals surface area (Å²) < 4.78 is 25.5. The second-order valence-corrected chi connectivity index (χ2v) is 11.7. The maximum atomic E-state index is 13.4. The molecule has 0 spiro atoms. The third kappa shape index (κ3) is 5.20. The summed E-state index contributed by atoms with van der Waals surface area (Å²) in [4.78, 5) is 33.0. The highest BCUT2D eigenvalue weighted by atomic mass is 32.2. The molecule has 1 amide bonds. The summed E-state index contributed by atoms with van der Waals surface area (Å²) in [7, 11) is -3.10. The van der Waals surface area contributed by atoms with Crippen LogP contribution in [-0.4, -0.2) is 58.6 Å². The van der Waals surface area contributed by atoms with E-state index in [1.807, 2.05) is 43.3 Å². The number of hydrogen-bond acceptors (Lipinski definition) is 6. The maximum Gasteiger partial charge on any atom is 0.266 e. The van der Waals surface area contributed by atoms with Gasteiger partial charge < -0.3 is 4.90 Å². The number of nitrogens with zero attached hydrogens (tertiary/aromatic N) is 3. The van der Waals surface area contributed by atoms with Crippen molar-refractivity contribution in [1.82, 2.24) is 14.5 Å². The van der Waals surface area contributed by atoms with E-state index in [-0.39, 0.29) is 34.8 Å². The van der Waals surface area contributed by atoms with Crippen LogP contribution in [0.3, 0.4) is 0 Å². The number of hydrogen-bond donors (Lipinski definition) is 0. The second-order valence-electron chi connectivity index (χ2n) is 8.50. The average Bonchev–Trinajstić information content (AvgIpc) is 3.20. The summed E-state index contributed by atoms with van der Waals surface area (Å²) in [5.74, 6) is 0.0856. The summed E-state index contributed by atoms with van der Waals surface area (Å²) >= 11 is 1.21. The van der Waals surface area contributed by atoms with Gasteiger partial charge in [-0.3, -0.25) is 14.2 Å². The van der Waals surface area contributed by atoms with Crippen LogP contribution in [0.25, 0.3) is 16.6 Å². The Morgan fingerprint density at radius 1 is 1.15 bits per heavy atom. The van der Waals surface area contributed by atoms with Gasteiger partial charge >= 0.3 is 0 Å². The lowest BCUT2D eigenvalue weighted by Crippen LogP contribution is -2.42. The number of carbonyl (C=O) groups is 1. The molecule has 0 N–H and O–H groups in total. The number of aromatic nitrogens is 2. The van der Waals surface area contributed by atoms with Crippen molar-refractivity contribution in [2.45, 2.75) is 44.3 Å². The molecule has 1 saturated heterocycles. The predicted octanol–water partition coefficient (Wildman–Crippen LogP) is 3.47. The average molecular weight is 500 g/mol. The molecule has 1 aliphatic heterocycles. The van der Waals surface area contributed by atoms with Gasteiger partial charge in [0.2, 0.25) is 5.91 Å². The molecule has 0 bridgehead atoms. The summed E-state index contributed by atoms with van der Waals surface area (Å²) in [6.07, 6.45) is 2.11. The van der Waals surface area contributed by atoms with E-state index in [1.54, 1.807) is 21.6 Å².